The number of rotatable bonds is 3. The number of hydrogen-bond donors (Lipinski definition) is 3. The van der Waals surface area contributed by atoms with Gasteiger partial charge in [-0.25, -0.2) is 0 Å². The van der Waals surface area contributed by atoms with Gasteiger partial charge in [0.1, 0.15) is 5.75 Å². The number of hydrogen-bond acceptors (Lipinski definition) is 4. The van der Waals surface area contributed by atoms with E-state index in [4.69, 9.17) is 17.3 Å². The number of phenols is 1. The Bertz CT molecular complexity index is 716. The van der Waals surface area contributed by atoms with E-state index in [0.717, 1.165) is 9.75 Å². The van der Waals surface area contributed by atoms with Gasteiger partial charge < -0.3 is 16.2 Å². The van der Waals surface area contributed by atoms with Gasteiger partial charge in [-0.2, -0.15) is 0 Å². The molecule has 6 heteroatoms. The average Bonchev–Trinajstić information content (AvgIpc) is 2.93. The molecule has 108 valence electrons. The quantitative estimate of drug-likeness (QED) is 0.760. The van der Waals surface area contributed by atoms with E-state index in [1.54, 1.807) is 0 Å². The smallest absolute Gasteiger partial charge is 0.253 e. The van der Waals surface area contributed by atoms with Crippen LogP contribution in [0.15, 0.2) is 30.3 Å². The Morgan fingerprint density at radius 1 is 1.38 bits per heavy atom. The molecular formula is C15H13ClN2O2S. The minimum Gasteiger partial charge on any atom is -0.508 e. The zero-order chi connectivity index (χ0) is 15.2. The number of benzene rings is 1. The van der Waals surface area contributed by atoms with Crippen LogP contribution in [0.1, 0.15) is 20.1 Å². The van der Waals surface area contributed by atoms with Crippen LogP contribution < -0.4 is 11.1 Å². The fraction of sp³-hybridized carbons (Fsp3) is 0.133. The summed E-state index contributed by atoms with van der Waals surface area (Å²) in [6.07, 6.45) is 0. The maximum absolute atomic E-state index is 12.0. The highest BCUT2D eigenvalue weighted by atomic mass is 35.5. The lowest BCUT2D eigenvalue weighted by atomic mass is 10.2. The molecule has 0 saturated heterocycles. The number of carbonyl (C=O) groups is 1. The lowest BCUT2D eigenvalue weighted by Crippen LogP contribution is -2.22. The molecule has 0 saturated carbocycles. The van der Waals surface area contributed by atoms with Crippen LogP contribution in [0.4, 0.5) is 0 Å². The maximum Gasteiger partial charge on any atom is 0.253 e. The summed E-state index contributed by atoms with van der Waals surface area (Å²) in [6.45, 7) is 0.694. The first-order valence-corrected chi connectivity index (χ1v) is 7.34. The highest BCUT2D eigenvalue weighted by molar-refractivity contribution is 7.12. The number of carbonyl (C=O) groups excluding carboxylic acids is 1. The Labute approximate surface area is 131 Å². The van der Waals surface area contributed by atoms with E-state index in [9.17, 15) is 9.90 Å². The zero-order valence-corrected chi connectivity index (χ0v) is 12.6. The minimum absolute atomic E-state index is 0.0000174. The van der Waals surface area contributed by atoms with Gasteiger partial charge in [0, 0.05) is 4.88 Å². The molecule has 1 aromatic carbocycles. The minimum atomic E-state index is -0.334. The maximum atomic E-state index is 12.0. The van der Waals surface area contributed by atoms with Crippen LogP contribution in [0.3, 0.4) is 0 Å². The summed E-state index contributed by atoms with van der Waals surface area (Å²) < 4.78 is 0. The summed E-state index contributed by atoms with van der Waals surface area (Å²) in [7, 11) is 0. The van der Waals surface area contributed by atoms with Crippen LogP contribution in [0.25, 0.3) is 0 Å². The SMILES string of the molecule is NCC#Cc1ccc(CNC(=O)c2cc(O)ccc2Cl)s1. The molecule has 2 rings (SSSR count). The molecular weight excluding hydrogens is 308 g/mol. The van der Waals surface area contributed by atoms with Crippen molar-refractivity contribution >= 4 is 28.8 Å². The van der Waals surface area contributed by atoms with E-state index >= 15 is 0 Å². The summed E-state index contributed by atoms with van der Waals surface area (Å²) in [5.41, 5.74) is 5.56. The van der Waals surface area contributed by atoms with Crippen molar-refractivity contribution in [2.75, 3.05) is 6.54 Å². The number of amides is 1. The zero-order valence-electron chi connectivity index (χ0n) is 11.0. The van der Waals surface area contributed by atoms with Crippen molar-refractivity contribution in [1.82, 2.24) is 5.32 Å². The van der Waals surface area contributed by atoms with Gasteiger partial charge >= 0.3 is 0 Å². The number of nitrogens with one attached hydrogen (secondary N) is 1. The lowest BCUT2D eigenvalue weighted by molar-refractivity contribution is 0.0951. The summed E-state index contributed by atoms with van der Waals surface area (Å²) in [4.78, 5) is 13.9. The third-order valence-electron chi connectivity index (χ3n) is 2.59. The van der Waals surface area contributed by atoms with Crippen molar-refractivity contribution in [1.29, 1.82) is 0 Å². The topological polar surface area (TPSA) is 75.3 Å². The molecule has 0 aliphatic heterocycles. The van der Waals surface area contributed by atoms with Crippen LogP contribution in [-0.4, -0.2) is 17.6 Å². The Kier molecular flexibility index (Phi) is 5.23. The van der Waals surface area contributed by atoms with Gasteiger partial charge in [0.05, 0.1) is 28.6 Å². The van der Waals surface area contributed by atoms with Crippen LogP contribution in [0.5, 0.6) is 5.75 Å². The van der Waals surface area contributed by atoms with Gasteiger partial charge in [0.15, 0.2) is 0 Å². The summed E-state index contributed by atoms with van der Waals surface area (Å²) >= 11 is 7.43. The van der Waals surface area contributed by atoms with E-state index in [-0.39, 0.29) is 17.2 Å². The Morgan fingerprint density at radius 3 is 2.95 bits per heavy atom. The van der Waals surface area contributed by atoms with Gasteiger partial charge in [-0.1, -0.05) is 23.4 Å². The predicted molar refractivity (Wildman–Crippen MR) is 84.5 cm³/mol. The molecule has 0 unspecified atom stereocenters. The first-order chi connectivity index (χ1) is 10.1. The van der Waals surface area contributed by atoms with Gasteiger partial charge in [0.2, 0.25) is 0 Å². The lowest BCUT2D eigenvalue weighted by Gasteiger charge is -2.06. The van der Waals surface area contributed by atoms with Gasteiger partial charge in [0.25, 0.3) is 5.91 Å². The molecule has 4 nitrogen and oxygen atoms in total. The van der Waals surface area contributed by atoms with E-state index < -0.39 is 0 Å². The van der Waals surface area contributed by atoms with E-state index in [1.807, 2.05) is 12.1 Å². The molecule has 0 spiro atoms. The second-order valence-electron chi connectivity index (χ2n) is 4.12. The fourth-order valence-corrected chi connectivity index (χ4v) is 2.65. The number of halogens is 1. The van der Waals surface area contributed by atoms with Crippen LogP contribution in [0.2, 0.25) is 5.02 Å². The predicted octanol–water partition coefficient (Wildman–Crippen LogP) is 2.35. The first-order valence-electron chi connectivity index (χ1n) is 6.14. The fourth-order valence-electron chi connectivity index (χ4n) is 1.63. The van der Waals surface area contributed by atoms with Crippen molar-refractivity contribution in [3.05, 3.63) is 50.7 Å². The molecule has 4 N–H and O–H groups in total. The third kappa shape index (κ3) is 4.23. The summed E-state index contributed by atoms with van der Waals surface area (Å²) in [5, 5.41) is 12.4. The van der Waals surface area contributed by atoms with Gasteiger partial charge in [-0.3, -0.25) is 4.79 Å². The standard InChI is InChI=1S/C15H13ClN2O2S/c16-14-6-3-10(19)8-13(14)15(20)18-9-12-5-4-11(21-12)2-1-7-17/h3-6,8,19H,7,9,17H2,(H,18,20). The Morgan fingerprint density at radius 2 is 2.19 bits per heavy atom. The van der Waals surface area contributed by atoms with Crippen molar-refractivity contribution in [2.24, 2.45) is 5.73 Å². The van der Waals surface area contributed by atoms with E-state index in [0.29, 0.717) is 18.1 Å². The summed E-state index contributed by atoms with van der Waals surface area (Å²) in [6, 6.07) is 8.04. The molecule has 0 radical (unpaired) electrons. The average molecular weight is 321 g/mol. The largest absolute Gasteiger partial charge is 0.508 e. The Balaban J connectivity index is 2.01. The van der Waals surface area contributed by atoms with Gasteiger partial charge in [-0.05, 0) is 30.3 Å². The van der Waals surface area contributed by atoms with Crippen LogP contribution in [-0.2, 0) is 6.54 Å². The number of thiophene rings is 1. The van der Waals surface area contributed by atoms with Crippen molar-refractivity contribution in [2.45, 2.75) is 6.54 Å². The molecule has 1 aromatic heterocycles. The molecule has 1 heterocycles. The third-order valence-corrected chi connectivity index (χ3v) is 3.92. The molecule has 0 atom stereocenters. The van der Waals surface area contributed by atoms with Crippen molar-refractivity contribution in [3.8, 4) is 17.6 Å². The highest BCUT2D eigenvalue weighted by Crippen LogP contribution is 2.21. The van der Waals surface area contributed by atoms with E-state index in [2.05, 4.69) is 17.2 Å². The number of nitrogens with two attached hydrogens (primary N) is 1. The molecule has 0 aliphatic carbocycles. The first kappa shape index (κ1) is 15.4. The highest BCUT2D eigenvalue weighted by Gasteiger charge is 2.11. The molecule has 0 bridgehead atoms. The van der Waals surface area contributed by atoms with E-state index in [1.165, 1.54) is 29.5 Å². The molecule has 2 aromatic rings. The second-order valence-corrected chi connectivity index (χ2v) is 5.69. The molecule has 0 aliphatic rings. The molecule has 21 heavy (non-hydrogen) atoms. The van der Waals surface area contributed by atoms with Crippen LogP contribution in [0, 0.1) is 11.8 Å². The summed E-state index contributed by atoms with van der Waals surface area (Å²) in [5.74, 6) is 5.38. The number of phenolic OH excluding ortho intramolecular Hbond substituents is 1. The molecule has 1 amide bonds. The number of aromatic hydroxyl groups is 1. The van der Waals surface area contributed by atoms with Crippen LogP contribution >= 0.6 is 22.9 Å². The van der Waals surface area contributed by atoms with Crippen molar-refractivity contribution in [3.63, 3.8) is 0 Å². The monoisotopic (exact) mass is 320 g/mol. The van der Waals surface area contributed by atoms with Crippen molar-refractivity contribution < 1.29 is 9.90 Å². The Hall–Kier alpha value is -2.00. The molecule has 0 fully saturated rings. The normalized spacial score (nSPS) is 9.81. The second kappa shape index (κ2) is 7.14. The van der Waals surface area contributed by atoms with Gasteiger partial charge in [-0.15, -0.1) is 11.3 Å².